The van der Waals surface area contributed by atoms with Crippen molar-refractivity contribution in [3.8, 4) is 5.75 Å². The Hall–Kier alpha value is -2.47. The summed E-state index contributed by atoms with van der Waals surface area (Å²) >= 11 is 0. The molecule has 3 rings (SSSR count). The molecule has 0 aliphatic carbocycles. The molecule has 0 radical (unpaired) electrons. The van der Waals surface area contributed by atoms with Crippen LogP contribution in [-0.2, 0) is 0 Å². The van der Waals surface area contributed by atoms with E-state index in [9.17, 15) is 13.6 Å². The van der Waals surface area contributed by atoms with Crippen LogP contribution >= 0.6 is 0 Å². The molecule has 24 heavy (non-hydrogen) atoms. The zero-order chi connectivity index (χ0) is 17.1. The van der Waals surface area contributed by atoms with Gasteiger partial charge in [-0.2, -0.15) is 0 Å². The van der Waals surface area contributed by atoms with E-state index < -0.39 is 17.5 Å². The Morgan fingerprint density at radius 3 is 2.79 bits per heavy atom. The van der Waals surface area contributed by atoms with Crippen LogP contribution in [0.1, 0.15) is 22.0 Å². The first kappa shape index (κ1) is 16.4. The first-order chi connectivity index (χ1) is 11.6. The van der Waals surface area contributed by atoms with Crippen LogP contribution in [0.5, 0.6) is 5.75 Å². The molecule has 1 fully saturated rings. The third-order valence-electron chi connectivity index (χ3n) is 4.16. The van der Waals surface area contributed by atoms with Crippen LogP contribution < -0.4 is 10.1 Å². The second-order valence-corrected chi connectivity index (χ2v) is 5.58. The molecule has 1 aliphatic heterocycles. The molecule has 6 heteroatoms. The van der Waals surface area contributed by atoms with Gasteiger partial charge >= 0.3 is 0 Å². The molecule has 1 unspecified atom stereocenters. The number of hydrogen-bond donors (Lipinski definition) is 1. The number of halogens is 2. The Kier molecular flexibility index (Phi) is 4.76. The van der Waals surface area contributed by atoms with Crippen molar-refractivity contribution in [2.75, 3.05) is 26.7 Å². The van der Waals surface area contributed by atoms with Crippen LogP contribution in [0.4, 0.5) is 8.78 Å². The number of methoxy groups -OCH3 is 1. The van der Waals surface area contributed by atoms with Crippen molar-refractivity contribution in [1.29, 1.82) is 0 Å². The van der Waals surface area contributed by atoms with Crippen molar-refractivity contribution in [1.82, 2.24) is 10.2 Å². The predicted molar refractivity (Wildman–Crippen MR) is 86.0 cm³/mol. The molecule has 1 amide bonds. The Labute approximate surface area is 139 Å². The molecular formula is C18H18F2N2O2. The molecule has 1 N–H and O–H groups in total. The minimum atomic E-state index is -0.850. The largest absolute Gasteiger partial charge is 0.496 e. The standard InChI is InChI=1S/C18H18F2N2O2/c1-24-17-5-3-2-4-14(17)16-11-21-8-9-22(16)18(23)13-7-6-12(19)10-15(13)20/h2-7,10,16,21H,8-9,11H2,1H3. The van der Waals surface area contributed by atoms with E-state index in [1.54, 1.807) is 12.0 Å². The Morgan fingerprint density at radius 2 is 2.04 bits per heavy atom. The van der Waals surface area contributed by atoms with Crippen molar-refractivity contribution in [2.24, 2.45) is 0 Å². The van der Waals surface area contributed by atoms with Crippen LogP contribution in [0, 0.1) is 11.6 Å². The third-order valence-corrected chi connectivity index (χ3v) is 4.16. The highest BCUT2D eigenvalue weighted by Gasteiger charge is 2.31. The number of benzene rings is 2. The SMILES string of the molecule is COc1ccccc1C1CNCCN1C(=O)c1ccc(F)cc1F. The number of piperazine rings is 1. The number of rotatable bonds is 3. The maximum absolute atomic E-state index is 14.0. The number of hydrogen-bond acceptors (Lipinski definition) is 3. The number of carbonyl (C=O) groups is 1. The van der Waals surface area contributed by atoms with E-state index in [1.165, 1.54) is 6.07 Å². The summed E-state index contributed by atoms with van der Waals surface area (Å²) in [6.07, 6.45) is 0. The summed E-state index contributed by atoms with van der Waals surface area (Å²) in [7, 11) is 1.57. The zero-order valence-corrected chi connectivity index (χ0v) is 13.3. The summed E-state index contributed by atoms with van der Waals surface area (Å²) in [6.45, 7) is 1.58. The lowest BCUT2D eigenvalue weighted by Gasteiger charge is -2.37. The minimum absolute atomic E-state index is 0.127. The number of carbonyl (C=O) groups excluding carboxylic acids is 1. The fraction of sp³-hybridized carbons (Fsp3) is 0.278. The number of ether oxygens (including phenoxy) is 1. The zero-order valence-electron chi connectivity index (χ0n) is 13.3. The second-order valence-electron chi connectivity index (χ2n) is 5.58. The van der Waals surface area contributed by atoms with E-state index in [4.69, 9.17) is 4.74 Å². The first-order valence-corrected chi connectivity index (χ1v) is 7.71. The predicted octanol–water partition coefficient (Wildman–Crippen LogP) is 2.76. The summed E-state index contributed by atoms with van der Waals surface area (Å²) in [6, 6.07) is 10.2. The summed E-state index contributed by atoms with van der Waals surface area (Å²) in [5, 5.41) is 3.24. The Balaban J connectivity index is 1.96. The summed E-state index contributed by atoms with van der Waals surface area (Å²) < 4.78 is 32.5. The molecule has 4 nitrogen and oxygen atoms in total. The summed E-state index contributed by atoms with van der Waals surface area (Å²) in [5.41, 5.74) is 0.723. The van der Waals surface area contributed by atoms with Gasteiger partial charge in [-0.3, -0.25) is 4.79 Å². The van der Waals surface area contributed by atoms with Gasteiger partial charge in [-0.05, 0) is 18.2 Å². The average Bonchev–Trinajstić information content (AvgIpc) is 2.61. The third kappa shape index (κ3) is 3.10. The summed E-state index contributed by atoms with van der Waals surface area (Å²) in [5.74, 6) is -1.34. The van der Waals surface area contributed by atoms with E-state index in [1.807, 2.05) is 24.3 Å². The molecule has 0 bridgehead atoms. The van der Waals surface area contributed by atoms with Crippen LogP contribution in [0.2, 0.25) is 0 Å². The van der Waals surface area contributed by atoms with Gasteiger partial charge in [0.25, 0.3) is 5.91 Å². The van der Waals surface area contributed by atoms with Gasteiger partial charge in [0.05, 0.1) is 18.7 Å². The molecule has 1 aliphatic rings. The van der Waals surface area contributed by atoms with E-state index in [0.717, 1.165) is 17.7 Å². The molecule has 126 valence electrons. The summed E-state index contributed by atoms with van der Waals surface area (Å²) in [4.78, 5) is 14.4. The van der Waals surface area contributed by atoms with Crippen LogP contribution in [0.25, 0.3) is 0 Å². The molecule has 1 atom stereocenters. The number of para-hydroxylation sites is 1. The van der Waals surface area contributed by atoms with Crippen molar-refractivity contribution >= 4 is 5.91 Å². The molecule has 0 spiro atoms. The van der Waals surface area contributed by atoms with Crippen molar-refractivity contribution in [3.05, 3.63) is 65.2 Å². The van der Waals surface area contributed by atoms with Gasteiger partial charge in [-0.15, -0.1) is 0 Å². The van der Waals surface area contributed by atoms with E-state index >= 15 is 0 Å². The second kappa shape index (κ2) is 6.97. The fourth-order valence-electron chi connectivity index (χ4n) is 2.98. The topological polar surface area (TPSA) is 41.6 Å². The highest BCUT2D eigenvalue weighted by molar-refractivity contribution is 5.95. The molecule has 2 aromatic carbocycles. The van der Waals surface area contributed by atoms with Crippen molar-refractivity contribution < 1.29 is 18.3 Å². The van der Waals surface area contributed by atoms with Gasteiger partial charge in [0, 0.05) is 31.3 Å². The van der Waals surface area contributed by atoms with Crippen molar-refractivity contribution in [3.63, 3.8) is 0 Å². The highest BCUT2D eigenvalue weighted by Crippen LogP contribution is 2.31. The van der Waals surface area contributed by atoms with Crippen molar-refractivity contribution in [2.45, 2.75) is 6.04 Å². The van der Waals surface area contributed by atoms with E-state index in [-0.39, 0.29) is 11.6 Å². The average molecular weight is 332 g/mol. The molecule has 1 saturated heterocycles. The fourth-order valence-corrected chi connectivity index (χ4v) is 2.98. The molecule has 2 aromatic rings. The van der Waals surface area contributed by atoms with E-state index in [2.05, 4.69) is 5.32 Å². The Bertz CT molecular complexity index is 752. The Morgan fingerprint density at radius 1 is 1.25 bits per heavy atom. The number of amides is 1. The van der Waals surface area contributed by atoms with Crippen LogP contribution in [0.15, 0.2) is 42.5 Å². The number of nitrogens with one attached hydrogen (secondary N) is 1. The molecule has 1 heterocycles. The lowest BCUT2D eigenvalue weighted by molar-refractivity contribution is 0.0626. The monoisotopic (exact) mass is 332 g/mol. The minimum Gasteiger partial charge on any atom is -0.496 e. The molecule has 0 saturated carbocycles. The molecular weight excluding hydrogens is 314 g/mol. The molecule has 0 aromatic heterocycles. The van der Waals surface area contributed by atoms with Gasteiger partial charge in [0.2, 0.25) is 0 Å². The van der Waals surface area contributed by atoms with Gasteiger partial charge in [0.15, 0.2) is 0 Å². The normalized spacial score (nSPS) is 17.6. The first-order valence-electron chi connectivity index (χ1n) is 7.71. The maximum atomic E-state index is 14.0. The van der Waals surface area contributed by atoms with Crippen LogP contribution in [-0.4, -0.2) is 37.6 Å². The van der Waals surface area contributed by atoms with Crippen LogP contribution in [0.3, 0.4) is 0 Å². The lowest BCUT2D eigenvalue weighted by atomic mass is 10.0. The van der Waals surface area contributed by atoms with E-state index in [0.29, 0.717) is 25.4 Å². The van der Waals surface area contributed by atoms with Gasteiger partial charge in [-0.25, -0.2) is 8.78 Å². The lowest BCUT2D eigenvalue weighted by Crippen LogP contribution is -2.49. The highest BCUT2D eigenvalue weighted by atomic mass is 19.1. The van der Waals surface area contributed by atoms with Gasteiger partial charge in [0.1, 0.15) is 17.4 Å². The smallest absolute Gasteiger partial charge is 0.257 e. The quantitative estimate of drug-likeness (QED) is 0.940. The van der Waals surface area contributed by atoms with Gasteiger partial charge in [-0.1, -0.05) is 18.2 Å². The maximum Gasteiger partial charge on any atom is 0.257 e. The van der Waals surface area contributed by atoms with Gasteiger partial charge < -0.3 is 15.0 Å². The number of nitrogens with zero attached hydrogens (tertiary/aromatic N) is 1.